The van der Waals surface area contributed by atoms with Crippen molar-refractivity contribution in [2.24, 2.45) is 0 Å². The fourth-order valence-electron chi connectivity index (χ4n) is 2.81. The molecule has 0 aromatic carbocycles. The van der Waals surface area contributed by atoms with Crippen molar-refractivity contribution in [1.29, 1.82) is 0 Å². The molecule has 0 fully saturated rings. The summed E-state index contributed by atoms with van der Waals surface area (Å²) in [5.41, 5.74) is 2.60. The van der Waals surface area contributed by atoms with E-state index in [0.29, 0.717) is 18.1 Å². The molecule has 0 spiro atoms. The second kappa shape index (κ2) is 7.47. The Morgan fingerprint density at radius 3 is 2.72 bits per heavy atom. The van der Waals surface area contributed by atoms with E-state index in [9.17, 15) is 4.79 Å². The number of thiazole rings is 1. The van der Waals surface area contributed by atoms with Crippen molar-refractivity contribution in [3.8, 4) is 0 Å². The topological polar surface area (TPSA) is 79.8 Å². The van der Waals surface area contributed by atoms with E-state index in [0.717, 1.165) is 42.9 Å². The Morgan fingerprint density at radius 2 is 2.04 bits per heavy atom. The van der Waals surface area contributed by atoms with Gasteiger partial charge in [0.25, 0.3) is 5.91 Å². The van der Waals surface area contributed by atoms with Gasteiger partial charge in [0.2, 0.25) is 0 Å². The molecule has 0 bridgehead atoms. The summed E-state index contributed by atoms with van der Waals surface area (Å²) < 4.78 is 0. The Bertz CT molecular complexity index is 765. The summed E-state index contributed by atoms with van der Waals surface area (Å²) in [6.45, 7) is 9.70. The minimum atomic E-state index is -0.0951. The summed E-state index contributed by atoms with van der Waals surface area (Å²) >= 11 is 1.77. The Morgan fingerprint density at radius 1 is 1.24 bits per heavy atom. The quantitative estimate of drug-likeness (QED) is 0.775. The molecule has 2 aromatic rings. The van der Waals surface area contributed by atoms with E-state index in [4.69, 9.17) is 0 Å². The van der Waals surface area contributed by atoms with Crippen LogP contribution >= 0.6 is 11.3 Å². The molecule has 0 saturated heterocycles. The lowest BCUT2D eigenvalue weighted by atomic mass is 10.1. The van der Waals surface area contributed by atoms with Gasteiger partial charge in [0.05, 0.1) is 10.7 Å². The predicted molar refractivity (Wildman–Crippen MR) is 101 cm³/mol. The Labute approximate surface area is 152 Å². The summed E-state index contributed by atoms with van der Waals surface area (Å²) in [5.74, 6) is 1.61. The molecule has 0 atom stereocenters. The fraction of sp³-hybridized carbons (Fsp3) is 0.556. The molecule has 2 aromatic heterocycles. The predicted octanol–water partition coefficient (Wildman–Crippen LogP) is 3.00. The summed E-state index contributed by atoms with van der Waals surface area (Å²) in [6.07, 6.45) is 2.71. The molecule has 1 amide bonds. The maximum Gasteiger partial charge on any atom is 0.270 e. The van der Waals surface area contributed by atoms with Crippen LogP contribution in [0, 0.1) is 13.8 Å². The number of anilines is 1. The largest absolute Gasteiger partial charge is 0.370 e. The Hall–Kier alpha value is -2.02. The molecule has 6 nitrogen and oxygen atoms in total. The smallest absolute Gasteiger partial charge is 0.270 e. The first kappa shape index (κ1) is 17.8. The highest BCUT2D eigenvalue weighted by molar-refractivity contribution is 7.11. The van der Waals surface area contributed by atoms with Crippen molar-refractivity contribution in [1.82, 2.24) is 20.3 Å². The van der Waals surface area contributed by atoms with Gasteiger partial charge in [0, 0.05) is 35.9 Å². The minimum Gasteiger partial charge on any atom is -0.370 e. The van der Waals surface area contributed by atoms with E-state index in [1.54, 1.807) is 11.3 Å². The van der Waals surface area contributed by atoms with E-state index < -0.39 is 0 Å². The maximum atomic E-state index is 12.1. The second-order valence-electron chi connectivity index (χ2n) is 6.70. The van der Waals surface area contributed by atoms with Gasteiger partial charge < -0.3 is 10.6 Å². The van der Waals surface area contributed by atoms with E-state index in [1.807, 2.05) is 13.8 Å². The molecule has 0 aliphatic carbocycles. The van der Waals surface area contributed by atoms with Gasteiger partial charge in [-0.1, -0.05) is 13.8 Å². The van der Waals surface area contributed by atoms with Gasteiger partial charge >= 0.3 is 0 Å². The lowest BCUT2D eigenvalue weighted by molar-refractivity contribution is 0.0940. The minimum absolute atomic E-state index is 0.0951. The number of carbonyl (C=O) groups is 1. The van der Waals surface area contributed by atoms with E-state index in [2.05, 4.69) is 39.4 Å². The molecular formula is C18H25N5OS. The molecule has 0 unspecified atom stereocenters. The number of hydrogen-bond donors (Lipinski definition) is 2. The van der Waals surface area contributed by atoms with Crippen LogP contribution in [0.2, 0.25) is 0 Å². The van der Waals surface area contributed by atoms with Crippen LogP contribution < -0.4 is 10.6 Å². The average Bonchev–Trinajstić information content (AvgIpc) is 2.90. The van der Waals surface area contributed by atoms with Gasteiger partial charge in [-0.25, -0.2) is 15.0 Å². The Balaban J connectivity index is 1.69. The number of aromatic nitrogens is 3. The van der Waals surface area contributed by atoms with Crippen molar-refractivity contribution in [3.05, 3.63) is 32.7 Å². The molecule has 1 aliphatic heterocycles. The van der Waals surface area contributed by atoms with Crippen LogP contribution in [-0.2, 0) is 12.8 Å². The third-order valence-electron chi connectivity index (χ3n) is 4.35. The van der Waals surface area contributed by atoms with Gasteiger partial charge in [-0.15, -0.1) is 11.3 Å². The SMILES string of the molecule is Cc1nc(CCCNc2nc(C(C)C)nc3c2CCNC3=O)sc1C. The van der Waals surface area contributed by atoms with E-state index >= 15 is 0 Å². The van der Waals surface area contributed by atoms with E-state index in [-0.39, 0.29) is 11.8 Å². The normalized spacial score (nSPS) is 13.7. The summed E-state index contributed by atoms with van der Waals surface area (Å²) in [7, 11) is 0. The molecule has 0 radical (unpaired) electrons. The van der Waals surface area contributed by atoms with Crippen molar-refractivity contribution < 1.29 is 4.79 Å². The van der Waals surface area contributed by atoms with Crippen LogP contribution in [0.15, 0.2) is 0 Å². The molecule has 0 saturated carbocycles. The second-order valence-corrected chi connectivity index (χ2v) is 7.99. The first-order valence-electron chi connectivity index (χ1n) is 8.81. The summed E-state index contributed by atoms with van der Waals surface area (Å²) in [4.78, 5) is 27.1. The zero-order chi connectivity index (χ0) is 18.0. The lowest BCUT2D eigenvalue weighted by Crippen LogP contribution is -2.34. The van der Waals surface area contributed by atoms with Crippen LogP contribution in [0.4, 0.5) is 5.82 Å². The molecule has 3 rings (SSSR count). The molecule has 2 N–H and O–H groups in total. The molecule has 134 valence electrons. The number of amides is 1. The highest BCUT2D eigenvalue weighted by atomic mass is 32.1. The number of nitrogens with one attached hydrogen (secondary N) is 2. The van der Waals surface area contributed by atoms with Crippen LogP contribution in [0.25, 0.3) is 0 Å². The number of aryl methyl sites for hydroxylation is 3. The zero-order valence-electron chi connectivity index (χ0n) is 15.3. The average molecular weight is 359 g/mol. The maximum absolute atomic E-state index is 12.1. The number of rotatable bonds is 6. The standard InChI is InChI=1S/C18H25N5OS/c1-10(2)16-22-15-13(7-9-20-18(15)24)17(23-16)19-8-5-6-14-21-11(3)12(4)25-14/h10H,5-9H2,1-4H3,(H,20,24)(H,19,22,23). The van der Waals surface area contributed by atoms with Gasteiger partial charge in [0.15, 0.2) is 0 Å². The molecular weight excluding hydrogens is 334 g/mol. The van der Waals surface area contributed by atoms with Crippen LogP contribution in [0.1, 0.15) is 63.6 Å². The third kappa shape index (κ3) is 3.98. The van der Waals surface area contributed by atoms with Crippen LogP contribution in [-0.4, -0.2) is 33.9 Å². The van der Waals surface area contributed by atoms with Crippen molar-refractivity contribution in [3.63, 3.8) is 0 Å². The van der Waals surface area contributed by atoms with E-state index in [1.165, 1.54) is 9.88 Å². The summed E-state index contributed by atoms with van der Waals surface area (Å²) in [6, 6.07) is 0. The summed E-state index contributed by atoms with van der Waals surface area (Å²) in [5, 5.41) is 7.47. The van der Waals surface area contributed by atoms with Crippen molar-refractivity contribution in [2.75, 3.05) is 18.4 Å². The van der Waals surface area contributed by atoms with Crippen molar-refractivity contribution in [2.45, 2.75) is 52.9 Å². The molecule has 25 heavy (non-hydrogen) atoms. The monoisotopic (exact) mass is 359 g/mol. The van der Waals surface area contributed by atoms with Gasteiger partial charge in [-0.05, 0) is 26.7 Å². The number of carbonyl (C=O) groups excluding carboxylic acids is 1. The van der Waals surface area contributed by atoms with Gasteiger partial charge in [0.1, 0.15) is 17.3 Å². The molecule has 3 heterocycles. The van der Waals surface area contributed by atoms with Crippen LogP contribution in [0.3, 0.4) is 0 Å². The van der Waals surface area contributed by atoms with Crippen LogP contribution in [0.5, 0.6) is 0 Å². The number of nitrogens with zero attached hydrogens (tertiary/aromatic N) is 3. The van der Waals surface area contributed by atoms with Crippen molar-refractivity contribution >= 4 is 23.1 Å². The molecule has 7 heteroatoms. The Kier molecular flexibility index (Phi) is 5.32. The zero-order valence-corrected chi connectivity index (χ0v) is 16.1. The lowest BCUT2D eigenvalue weighted by Gasteiger charge is -2.20. The number of hydrogen-bond acceptors (Lipinski definition) is 6. The first-order valence-corrected chi connectivity index (χ1v) is 9.63. The first-order chi connectivity index (χ1) is 12.0. The highest BCUT2D eigenvalue weighted by Crippen LogP contribution is 2.23. The van der Waals surface area contributed by atoms with Gasteiger partial charge in [-0.2, -0.15) is 0 Å². The molecule has 1 aliphatic rings. The third-order valence-corrected chi connectivity index (χ3v) is 5.48. The van der Waals surface area contributed by atoms with Gasteiger partial charge in [-0.3, -0.25) is 4.79 Å². The highest BCUT2D eigenvalue weighted by Gasteiger charge is 2.24. The number of fused-ring (bicyclic) bond motifs is 1. The fourth-order valence-corrected chi connectivity index (χ4v) is 3.78.